The third kappa shape index (κ3) is 6.71. The highest BCUT2D eigenvalue weighted by molar-refractivity contribution is 5.80. The van der Waals surface area contributed by atoms with Crippen molar-refractivity contribution in [1.82, 2.24) is 24.9 Å². The van der Waals surface area contributed by atoms with Gasteiger partial charge in [0.15, 0.2) is 5.96 Å². The van der Waals surface area contributed by atoms with Gasteiger partial charge >= 0.3 is 0 Å². The third-order valence-corrected chi connectivity index (χ3v) is 5.89. The number of guanidine groups is 1. The van der Waals surface area contributed by atoms with Gasteiger partial charge in [-0.05, 0) is 44.6 Å². The zero-order valence-electron chi connectivity index (χ0n) is 18.8. The smallest absolute Gasteiger partial charge is 0.194 e. The van der Waals surface area contributed by atoms with Crippen molar-refractivity contribution in [2.75, 3.05) is 52.4 Å². The number of aryl methyl sites for hydroxylation is 1. The summed E-state index contributed by atoms with van der Waals surface area (Å²) in [4.78, 5) is 9.90. The molecule has 0 radical (unpaired) electrons. The number of aromatic nitrogens is 2. The summed E-state index contributed by atoms with van der Waals surface area (Å²) in [5.74, 6) is 2.70. The average Bonchev–Trinajstić information content (AvgIpc) is 3.13. The second-order valence-corrected chi connectivity index (χ2v) is 8.90. The minimum absolute atomic E-state index is 0.0596. The fourth-order valence-corrected chi connectivity index (χ4v) is 4.68. The van der Waals surface area contributed by atoms with Crippen LogP contribution in [0.25, 0.3) is 0 Å². The predicted octanol–water partition coefficient (Wildman–Crippen LogP) is 2.52. The molecule has 3 unspecified atom stereocenters. The van der Waals surface area contributed by atoms with Crippen LogP contribution in [0.2, 0.25) is 0 Å². The second kappa shape index (κ2) is 11.0. The number of ether oxygens (including phenoxy) is 1. The Morgan fingerprint density at radius 3 is 2.72 bits per heavy atom. The summed E-state index contributed by atoms with van der Waals surface area (Å²) >= 11 is 0. The van der Waals surface area contributed by atoms with Gasteiger partial charge in [-0.2, -0.15) is 5.10 Å². The SMILES string of the molecule is CCNC(=NCCCCN1CC(C)CC(C)C1)N1CCOC(c2cnn(C)c2)C1. The third-order valence-electron chi connectivity index (χ3n) is 5.89. The van der Waals surface area contributed by atoms with Gasteiger partial charge in [-0.15, -0.1) is 0 Å². The molecule has 0 spiro atoms. The molecule has 7 nitrogen and oxygen atoms in total. The molecule has 3 rings (SSSR count). The fourth-order valence-electron chi connectivity index (χ4n) is 4.68. The molecule has 164 valence electrons. The molecule has 1 N–H and O–H groups in total. The van der Waals surface area contributed by atoms with Gasteiger partial charge in [0.05, 0.1) is 19.3 Å². The van der Waals surface area contributed by atoms with Crippen LogP contribution in [0.5, 0.6) is 0 Å². The van der Waals surface area contributed by atoms with Crippen molar-refractivity contribution in [1.29, 1.82) is 0 Å². The van der Waals surface area contributed by atoms with Gasteiger partial charge in [0.2, 0.25) is 0 Å². The van der Waals surface area contributed by atoms with Crippen LogP contribution in [0.15, 0.2) is 17.4 Å². The average molecular weight is 405 g/mol. The lowest BCUT2D eigenvalue weighted by Crippen LogP contribution is -2.48. The fraction of sp³-hybridized carbons (Fsp3) is 0.818. The summed E-state index contributed by atoms with van der Waals surface area (Å²) in [6.07, 6.45) is 7.76. The van der Waals surface area contributed by atoms with Crippen molar-refractivity contribution in [3.05, 3.63) is 18.0 Å². The van der Waals surface area contributed by atoms with Gasteiger partial charge in [-0.1, -0.05) is 13.8 Å². The second-order valence-electron chi connectivity index (χ2n) is 8.90. The van der Waals surface area contributed by atoms with Crippen molar-refractivity contribution >= 4 is 5.96 Å². The van der Waals surface area contributed by atoms with E-state index in [-0.39, 0.29) is 6.10 Å². The normalized spacial score (nSPS) is 26.7. The van der Waals surface area contributed by atoms with Crippen molar-refractivity contribution in [2.45, 2.75) is 46.1 Å². The number of morpholine rings is 1. The highest BCUT2D eigenvalue weighted by Crippen LogP contribution is 2.22. The first-order valence-electron chi connectivity index (χ1n) is 11.4. The molecule has 3 heterocycles. The Balaban J connectivity index is 1.46. The van der Waals surface area contributed by atoms with Crippen LogP contribution in [-0.2, 0) is 11.8 Å². The maximum Gasteiger partial charge on any atom is 0.194 e. The number of likely N-dealkylation sites (tertiary alicyclic amines) is 1. The van der Waals surface area contributed by atoms with Crippen LogP contribution in [0.4, 0.5) is 0 Å². The summed E-state index contributed by atoms with van der Waals surface area (Å²) in [5.41, 5.74) is 1.14. The summed E-state index contributed by atoms with van der Waals surface area (Å²) in [7, 11) is 1.95. The molecule has 2 aliphatic heterocycles. The van der Waals surface area contributed by atoms with Crippen LogP contribution >= 0.6 is 0 Å². The molecule has 0 saturated carbocycles. The highest BCUT2D eigenvalue weighted by Gasteiger charge is 2.25. The van der Waals surface area contributed by atoms with E-state index >= 15 is 0 Å². The van der Waals surface area contributed by atoms with Gasteiger partial charge in [0.1, 0.15) is 6.10 Å². The molecule has 0 amide bonds. The van der Waals surface area contributed by atoms with E-state index in [1.807, 2.05) is 24.1 Å². The van der Waals surface area contributed by atoms with E-state index in [0.29, 0.717) is 0 Å². The van der Waals surface area contributed by atoms with E-state index in [9.17, 15) is 0 Å². The van der Waals surface area contributed by atoms with Crippen LogP contribution in [0, 0.1) is 11.8 Å². The Morgan fingerprint density at radius 2 is 2.03 bits per heavy atom. The molecule has 2 aliphatic rings. The van der Waals surface area contributed by atoms with Crippen molar-refractivity contribution < 1.29 is 4.74 Å². The molecule has 2 fully saturated rings. The van der Waals surface area contributed by atoms with E-state index in [2.05, 4.69) is 41.0 Å². The molecule has 3 atom stereocenters. The van der Waals surface area contributed by atoms with Crippen LogP contribution < -0.4 is 5.32 Å². The van der Waals surface area contributed by atoms with E-state index in [1.54, 1.807) is 0 Å². The van der Waals surface area contributed by atoms with Gasteiger partial charge < -0.3 is 19.9 Å². The number of aliphatic imine (C=N–C) groups is 1. The molecule has 1 aromatic heterocycles. The number of unbranched alkanes of at least 4 members (excludes halogenated alkanes) is 1. The summed E-state index contributed by atoms with van der Waals surface area (Å²) in [5, 5.41) is 7.75. The zero-order chi connectivity index (χ0) is 20.6. The lowest BCUT2D eigenvalue weighted by Gasteiger charge is -2.35. The lowest BCUT2D eigenvalue weighted by atomic mass is 9.92. The summed E-state index contributed by atoms with van der Waals surface area (Å²) in [6, 6.07) is 0. The highest BCUT2D eigenvalue weighted by atomic mass is 16.5. The van der Waals surface area contributed by atoms with Crippen molar-refractivity contribution in [3.8, 4) is 0 Å². The topological polar surface area (TPSA) is 57.9 Å². The van der Waals surface area contributed by atoms with Crippen LogP contribution in [0.1, 0.15) is 51.7 Å². The van der Waals surface area contributed by atoms with Gasteiger partial charge in [-0.3, -0.25) is 9.67 Å². The number of rotatable bonds is 7. The quantitative estimate of drug-likeness (QED) is 0.430. The van der Waals surface area contributed by atoms with E-state index in [1.165, 1.54) is 32.5 Å². The molecular formula is C22H40N6O. The standard InChI is InChI=1S/C22H40N6O/c1-5-23-22(24-8-6-7-9-27-14-18(2)12-19(3)15-27)28-10-11-29-21(17-28)20-13-25-26(4)16-20/h13,16,18-19,21H,5-12,14-15,17H2,1-4H3,(H,23,24). The number of hydrogen-bond acceptors (Lipinski definition) is 4. The molecule has 7 heteroatoms. The van der Waals surface area contributed by atoms with Crippen molar-refractivity contribution in [2.24, 2.45) is 23.9 Å². The lowest BCUT2D eigenvalue weighted by molar-refractivity contribution is -0.00804. The molecule has 0 bridgehead atoms. The first-order chi connectivity index (χ1) is 14.0. The molecule has 0 aliphatic carbocycles. The number of hydrogen-bond donors (Lipinski definition) is 1. The molecular weight excluding hydrogens is 364 g/mol. The maximum atomic E-state index is 5.98. The maximum absolute atomic E-state index is 5.98. The number of nitrogens with one attached hydrogen (secondary N) is 1. The van der Waals surface area contributed by atoms with Gasteiger partial charge in [0.25, 0.3) is 0 Å². The minimum Gasteiger partial charge on any atom is -0.370 e. The molecule has 29 heavy (non-hydrogen) atoms. The molecule has 1 aromatic rings. The molecule has 0 aromatic carbocycles. The zero-order valence-corrected chi connectivity index (χ0v) is 18.8. The monoisotopic (exact) mass is 404 g/mol. The number of nitrogens with zero attached hydrogens (tertiary/aromatic N) is 5. The number of piperidine rings is 1. The van der Waals surface area contributed by atoms with Crippen LogP contribution in [0.3, 0.4) is 0 Å². The minimum atomic E-state index is 0.0596. The van der Waals surface area contributed by atoms with E-state index < -0.39 is 0 Å². The van der Waals surface area contributed by atoms with E-state index in [0.717, 1.165) is 62.6 Å². The first kappa shape index (κ1) is 22.1. The Labute approximate surface area is 176 Å². The predicted molar refractivity (Wildman–Crippen MR) is 118 cm³/mol. The Hall–Kier alpha value is -1.60. The first-order valence-corrected chi connectivity index (χ1v) is 11.4. The Morgan fingerprint density at radius 1 is 1.24 bits per heavy atom. The summed E-state index contributed by atoms with van der Waals surface area (Å²) in [6.45, 7) is 14.8. The largest absolute Gasteiger partial charge is 0.370 e. The van der Waals surface area contributed by atoms with Crippen LogP contribution in [-0.4, -0.2) is 78.0 Å². The van der Waals surface area contributed by atoms with Gasteiger partial charge in [-0.25, -0.2) is 0 Å². The van der Waals surface area contributed by atoms with Crippen molar-refractivity contribution in [3.63, 3.8) is 0 Å². The molecule has 2 saturated heterocycles. The van der Waals surface area contributed by atoms with E-state index in [4.69, 9.17) is 9.73 Å². The summed E-state index contributed by atoms with van der Waals surface area (Å²) < 4.78 is 7.81. The Bertz CT molecular complexity index is 635. The van der Waals surface area contributed by atoms with Gasteiger partial charge in [0, 0.05) is 51.5 Å². The Kier molecular flexibility index (Phi) is 8.36.